The van der Waals surface area contributed by atoms with Crippen LogP contribution < -0.4 is 4.74 Å². The van der Waals surface area contributed by atoms with E-state index in [-0.39, 0.29) is 19.1 Å². The van der Waals surface area contributed by atoms with Gasteiger partial charge in [-0.2, -0.15) is 0 Å². The number of nitrogens with zero attached hydrogens (tertiary/aromatic N) is 4. The molecule has 4 rings (SSSR count). The van der Waals surface area contributed by atoms with Crippen LogP contribution in [-0.4, -0.2) is 98.4 Å². The van der Waals surface area contributed by atoms with E-state index >= 15 is 0 Å². The summed E-state index contributed by atoms with van der Waals surface area (Å²) in [4.78, 5) is 16.7. The molecule has 2 aliphatic rings. The van der Waals surface area contributed by atoms with Crippen LogP contribution in [-0.2, 0) is 27.3 Å². The molecule has 1 aromatic heterocycles. The summed E-state index contributed by atoms with van der Waals surface area (Å²) in [5.74, 6) is 0.627. The number of carbonyl (C=O) groups is 1. The van der Waals surface area contributed by atoms with Gasteiger partial charge in [0, 0.05) is 49.2 Å². The van der Waals surface area contributed by atoms with E-state index in [0.29, 0.717) is 25.4 Å². The molecule has 31 heavy (non-hydrogen) atoms. The summed E-state index contributed by atoms with van der Waals surface area (Å²) in [7, 11) is 3.86. The highest BCUT2D eigenvalue weighted by Gasteiger charge is 2.56. The number of aryl methyl sites for hydroxylation is 1. The summed E-state index contributed by atoms with van der Waals surface area (Å²) in [5, 5.41) is 11.3. The van der Waals surface area contributed by atoms with Crippen molar-refractivity contribution in [1.29, 1.82) is 0 Å². The smallest absolute Gasteiger partial charge is 0.237 e. The van der Waals surface area contributed by atoms with Gasteiger partial charge >= 0.3 is 0 Å². The van der Waals surface area contributed by atoms with Crippen LogP contribution in [0.2, 0.25) is 0 Å². The van der Waals surface area contributed by atoms with Gasteiger partial charge in [0.05, 0.1) is 38.1 Å². The number of carbonyl (C=O) groups excluding carboxylic acids is 1. The molecule has 0 unspecified atom stereocenters. The number of aromatic nitrogens is 1. The highest BCUT2D eigenvalue weighted by molar-refractivity contribution is 7.88. The Kier molecular flexibility index (Phi) is 5.32. The highest BCUT2D eigenvalue weighted by Crippen LogP contribution is 2.50. The quantitative estimate of drug-likeness (QED) is 0.696. The van der Waals surface area contributed by atoms with Crippen molar-refractivity contribution >= 4 is 26.8 Å². The van der Waals surface area contributed by atoms with Gasteiger partial charge in [-0.3, -0.25) is 4.79 Å². The SMILES string of the molecule is COc1ccc2c3c(n(C)c2c1)[C@H](CO)N(C(=O)CN(C)C)CC31CN(S(C)(=O)=O)C1. The molecule has 0 saturated carbocycles. The molecule has 0 bridgehead atoms. The standard InChI is InChI=1S/C21H30N4O5S/c1-22(2)9-18(27)25-13-21(11-24(12-21)31(5,28)29)19-15-7-6-14(30-4)8-16(15)23(3)20(19)17(25)10-26/h6-8,17,26H,9-13H2,1-5H3/t17-/m0/s1. The monoisotopic (exact) mass is 450 g/mol. The van der Waals surface area contributed by atoms with E-state index in [9.17, 15) is 18.3 Å². The zero-order valence-electron chi connectivity index (χ0n) is 18.6. The number of aliphatic hydroxyl groups excluding tert-OH is 1. The number of amides is 1. The molecule has 0 radical (unpaired) electrons. The van der Waals surface area contributed by atoms with Crippen molar-refractivity contribution in [1.82, 2.24) is 18.7 Å². The summed E-state index contributed by atoms with van der Waals surface area (Å²) < 4.78 is 33.2. The molecule has 9 nitrogen and oxygen atoms in total. The largest absolute Gasteiger partial charge is 0.497 e. The number of aliphatic hydroxyl groups is 1. The third-order valence-electron chi connectivity index (χ3n) is 6.52. The average Bonchev–Trinajstić information content (AvgIpc) is 2.96. The predicted molar refractivity (Wildman–Crippen MR) is 118 cm³/mol. The lowest BCUT2D eigenvalue weighted by Gasteiger charge is -2.55. The minimum Gasteiger partial charge on any atom is -0.497 e. The topological polar surface area (TPSA) is 95.3 Å². The van der Waals surface area contributed by atoms with E-state index in [1.807, 2.05) is 43.9 Å². The molecule has 0 aliphatic carbocycles. The maximum atomic E-state index is 13.1. The minimum absolute atomic E-state index is 0.0882. The summed E-state index contributed by atoms with van der Waals surface area (Å²) in [6.45, 7) is 1.01. The van der Waals surface area contributed by atoms with Gasteiger partial charge in [0.1, 0.15) is 5.75 Å². The maximum Gasteiger partial charge on any atom is 0.237 e. The summed E-state index contributed by atoms with van der Waals surface area (Å²) in [5.41, 5.74) is 2.31. The van der Waals surface area contributed by atoms with Crippen LogP contribution in [0, 0.1) is 0 Å². The molecule has 2 aromatic rings. The predicted octanol–water partition coefficient (Wildman–Crippen LogP) is 0.137. The summed E-state index contributed by atoms with van der Waals surface area (Å²) >= 11 is 0. The fourth-order valence-corrected chi connectivity index (χ4v) is 6.07. The van der Waals surface area contributed by atoms with Gasteiger partial charge < -0.3 is 24.2 Å². The van der Waals surface area contributed by atoms with E-state index in [1.165, 1.54) is 10.6 Å². The average molecular weight is 451 g/mol. The van der Waals surface area contributed by atoms with Crippen molar-refractivity contribution in [3.8, 4) is 5.75 Å². The number of sulfonamides is 1. The van der Waals surface area contributed by atoms with Gasteiger partial charge in [-0.1, -0.05) is 0 Å². The first-order valence-corrected chi connectivity index (χ1v) is 12.0. The van der Waals surface area contributed by atoms with E-state index in [4.69, 9.17) is 4.74 Å². The van der Waals surface area contributed by atoms with Crippen molar-refractivity contribution in [3.63, 3.8) is 0 Å². The molecule has 1 amide bonds. The number of benzene rings is 1. The van der Waals surface area contributed by atoms with Gasteiger partial charge in [-0.05, 0) is 31.8 Å². The molecule has 10 heteroatoms. The van der Waals surface area contributed by atoms with Crippen LogP contribution >= 0.6 is 0 Å². The number of fused-ring (bicyclic) bond motifs is 4. The van der Waals surface area contributed by atoms with Crippen LogP contribution in [0.3, 0.4) is 0 Å². The van der Waals surface area contributed by atoms with Gasteiger partial charge in [-0.25, -0.2) is 12.7 Å². The summed E-state index contributed by atoms with van der Waals surface area (Å²) in [6, 6.07) is 5.32. The van der Waals surface area contributed by atoms with Crippen molar-refractivity contribution < 1.29 is 23.1 Å². The Balaban J connectivity index is 1.92. The highest BCUT2D eigenvalue weighted by atomic mass is 32.2. The normalized spacial score (nSPS) is 20.9. The van der Waals surface area contributed by atoms with Gasteiger partial charge in [0.25, 0.3) is 0 Å². The second-order valence-corrected chi connectivity index (χ2v) is 11.0. The first-order chi connectivity index (χ1) is 14.5. The molecule has 1 aromatic carbocycles. The molecule has 1 saturated heterocycles. The molecule has 1 atom stereocenters. The maximum absolute atomic E-state index is 13.1. The molecule has 170 valence electrons. The van der Waals surface area contributed by atoms with E-state index in [1.54, 1.807) is 16.9 Å². The zero-order chi connectivity index (χ0) is 22.7. The van der Waals surface area contributed by atoms with Crippen LogP contribution in [0.15, 0.2) is 18.2 Å². The molecule has 1 fully saturated rings. The first kappa shape index (κ1) is 22.1. The Labute approximate surface area is 182 Å². The second-order valence-electron chi connectivity index (χ2n) is 8.97. The van der Waals surface area contributed by atoms with E-state index in [0.717, 1.165) is 22.2 Å². The van der Waals surface area contributed by atoms with Crippen molar-refractivity contribution in [2.24, 2.45) is 7.05 Å². The van der Waals surface area contributed by atoms with E-state index in [2.05, 4.69) is 0 Å². The summed E-state index contributed by atoms with van der Waals surface area (Å²) in [6.07, 6.45) is 1.21. The van der Waals surface area contributed by atoms with Crippen LogP contribution in [0.5, 0.6) is 5.75 Å². The lowest BCUT2D eigenvalue weighted by atomic mass is 9.70. The lowest BCUT2D eigenvalue weighted by Crippen LogP contribution is -2.68. The van der Waals surface area contributed by atoms with Crippen molar-refractivity contribution in [2.75, 3.05) is 60.2 Å². The van der Waals surface area contributed by atoms with Gasteiger partial charge in [0.15, 0.2) is 0 Å². The minimum atomic E-state index is -3.33. The Hall–Kier alpha value is -2.14. The van der Waals surface area contributed by atoms with Crippen molar-refractivity contribution in [2.45, 2.75) is 11.5 Å². The Morgan fingerprint density at radius 3 is 2.52 bits per heavy atom. The van der Waals surface area contributed by atoms with Crippen LogP contribution in [0.4, 0.5) is 0 Å². The molecule has 1 N–H and O–H groups in total. The molecule has 2 aliphatic heterocycles. The fraction of sp³-hybridized carbons (Fsp3) is 0.571. The third kappa shape index (κ3) is 3.42. The second kappa shape index (κ2) is 7.47. The lowest BCUT2D eigenvalue weighted by molar-refractivity contribution is -0.138. The van der Waals surface area contributed by atoms with Gasteiger partial charge in [-0.15, -0.1) is 0 Å². The number of hydrogen-bond acceptors (Lipinski definition) is 6. The number of likely N-dealkylation sites (N-methyl/N-ethyl adjacent to an activating group) is 1. The van der Waals surface area contributed by atoms with Crippen LogP contribution in [0.1, 0.15) is 17.3 Å². The molecular formula is C21H30N4O5S. The number of ether oxygens (including phenoxy) is 1. The Morgan fingerprint density at radius 2 is 1.97 bits per heavy atom. The molecule has 1 spiro atoms. The zero-order valence-corrected chi connectivity index (χ0v) is 19.4. The fourth-order valence-electron chi connectivity index (χ4n) is 5.10. The van der Waals surface area contributed by atoms with Crippen LogP contribution in [0.25, 0.3) is 10.9 Å². The number of hydrogen-bond donors (Lipinski definition) is 1. The van der Waals surface area contributed by atoms with E-state index < -0.39 is 21.5 Å². The molecular weight excluding hydrogens is 420 g/mol. The molecule has 3 heterocycles. The number of methoxy groups -OCH3 is 1. The number of rotatable bonds is 5. The van der Waals surface area contributed by atoms with Crippen molar-refractivity contribution in [3.05, 3.63) is 29.5 Å². The third-order valence-corrected chi connectivity index (χ3v) is 7.72. The van der Waals surface area contributed by atoms with Gasteiger partial charge in [0.2, 0.25) is 15.9 Å². The Morgan fingerprint density at radius 1 is 1.29 bits per heavy atom. The Bertz CT molecular complexity index is 1130. The first-order valence-electron chi connectivity index (χ1n) is 10.2.